The third-order valence-electron chi connectivity index (χ3n) is 5.24. The van der Waals surface area contributed by atoms with Gasteiger partial charge in [0.05, 0.1) is 14.2 Å². The van der Waals surface area contributed by atoms with Crippen LogP contribution in [-0.2, 0) is 14.8 Å². The Morgan fingerprint density at radius 3 is 2.34 bits per heavy atom. The van der Waals surface area contributed by atoms with E-state index in [1.54, 1.807) is 25.7 Å². The summed E-state index contributed by atoms with van der Waals surface area (Å²) in [5, 5.41) is 0. The number of benzene rings is 1. The number of carbonyl (C=O) groups is 1. The number of amides is 1. The highest BCUT2D eigenvalue weighted by molar-refractivity contribution is 7.89. The van der Waals surface area contributed by atoms with Crippen molar-refractivity contribution in [3.63, 3.8) is 0 Å². The topological polar surface area (TPSA) is 85.4 Å². The summed E-state index contributed by atoms with van der Waals surface area (Å²) in [5.74, 6) is -0.749. The number of hydrogen-bond acceptors (Lipinski definition) is 6. The van der Waals surface area contributed by atoms with Gasteiger partial charge in [0.2, 0.25) is 10.0 Å². The van der Waals surface area contributed by atoms with E-state index < -0.39 is 32.4 Å². The molecule has 0 spiro atoms. The summed E-state index contributed by atoms with van der Waals surface area (Å²) in [7, 11) is -1.39. The number of rotatable bonds is 7. The van der Waals surface area contributed by atoms with E-state index in [-0.39, 0.29) is 36.5 Å². The zero-order valence-electron chi connectivity index (χ0n) is 20.0. The summed E-state index contributed by atoms with van der Waals surface area (Å²) in [6.45, 7) is 10.00. The fourth-order valence-corrected chi connectivity index (χ4v) is 5.28. The molecule has 0 aromatic heterocycles. The van der Waals surface area contributed by atoms with Crippen molar-refractivity contribution in [2.45, 2.75) is 64.0 Å². The highest BCUT2D eigenvalue weighted by atomic mass is 32.2. The van der Waals surface area contributed by atoms with E-state index in [4.69, 9.17) is 14.2 Å². The van der Waals surface area contributed by atoms with Gasteiger partial charge in [-0.15, -0.1) is 0 Å². The molecule has 1 aromatic rings. The molecule has 1 saturated heterocycles. The minimum absolute atomic E-state index is 0.100. The number of halogens is 1. The Bertz CT molecular complexity index is 914. The quantitative estimate of drug-likeness (QED) is 0.596. The number of sulfonamides is 1. The Kier molecular flexibility index (Phi) is 8.38. The fourth-order valence-electron chi connectivity index (χ4n) is 3.66. The Balaban J connectivity index is 2.23. The van der Waals surface area contributed by atoms with Crippen LogP contribution in [0.4, 0.5) is 9.18 Å². The molecule has 1 aliphatic rings. The van der Waals surface area contributed by atoms with Gasteiger partial charge in [-0.05, 0) is 53.4 Å². The van der Waals surface area contributed by atoms with Gasteiger partial charge >= 0.3 is 6.09 Å². The number of piperidine rings is 1. The van der Waals surface area contributed by atoms with Gasteiger partial charge in [-0.25, -0.2) is 17.6 Å². The van der Waals surface area contributed by atoms with Gasteiger partial charge in [0.25, 0.3) is 0 Å². The maximum atomic E-state index is 14.7. The third-order valence-corrected chi connectivity index (χ3v) is 7.12. The maximum absolute atomic E-state index is 14.7. The molecular formula is C22H35FN2O6S. The molecule has 1 amide bonds. The number of carbonyl (C=O) groups excluding carboxylic acids is 1. The van der Waals surface area contributed by atoms with E-state index in [1.165, 1.54) is 18.5 Å². The first-order valence-corrected chi connectivity index (χ1v) is 12.2. The molecule has 0 N–H and O–H groups in total. The lowest BCUT2D eigenvalue weighted by molar-refractivity contribution is 0.0137. The first-order valence-electron chi connectivity index (χ1n) is 10.7. The summed E-state index contributed by atoms with van der Waals surface area (Å²) in [6, 6.07) is 2.05. The van der Waals surface area contributed by atoms with Gasteiger partial charge in [0.15, 0.2) is 11.5 Å². The van der Waals surface area contributed by atoms with Crippen LogP contribution in [-0.4, -0.2) is 69.2 Å². The van der Waals surface area contributed by atoms with Gasteiger partial charge in [-0.1, -0.05) is 0 Å². The highest BCUT2D eigenvalue weighted by Gasteiger charge is 2.35. The van der Waals surface area contributed by atoms with Crippen LogP contribution in [0.3, 0.4) is 0 Å². The molecule has 1 aliphatic heterocycles. The highest BCUT2D eigenvalue weighted by Crippen LogP contribution is 2.34. The number of hydrogen-bond donors (Lipinski definition) is 0. The second-order valence-electron chi connectivity index (χ2n) is 9.24. The van der Waals surface area contributed by atoms with Crippen LogP contribution in [0.5, 0.6) is 11.5 Å². The molecule has 1 atom stereocenters. The van der Waals surface area contributed by atoms with Crippen molar-refractivity contribution in [3.05, 3.63) is 17.9 Å². The van der Waals surface area contributed by atoms with E-state index in [1.807, 2.05) is 13.8 Å². The average Bonchev–Trinajstić information content (AvgIpc) is 2.70. The molecule has 10 heteroatoms. The van der Waals surface area contributed by atoms with E-state index in [0.29, 0.717) is 13.0 Å². The van der Waals surface area contributed by atoms with Crippen molar-refractivity contribution in [3.8, 4) is 11.5 Å². The average molecular weight is 475 g/mol. The lowest BCUT2D eigenvalue weighted by Crippen LogP contribution is -2.48. The van der Waals surface area contributed by atoms with Gasteiger partial charge < -0.3 is 19.1 Å². The van der Waals surface area contributed by atoms with Crippen LogP contribution in [0, 0.1) is 11.7 Å². The molecule has 0 aliphatic carbocycles. The summed E-state index contributed by atoms with van der Waals surface area (Å²) >= 11 is 0. The predicted octanol–water partition coefficient (Wildman–Crippen LogP) is 3.89. The molecule has 1 fully saturated rings. The SMILES string of the molecule is COc1cc(F)c(S(=O)(=O)N2CCCC(CN(C(=O)OC(C)(C)C)C(C)C)C2)cc1OC. The molecular weight excluding hydrogens is 439 g/mol. The van der Waals surface area contributed by atoms with E-state index in [2.05, 4.69) is 0 Å². The molecule has 0 radical (unpaired) electrons. The summed E-state index contributed by atoms with van der Waals surface area (Å²) in [5.41, 5.74) is -0.628. The second kappa shape index (κ2) is 10.2. The Labute approximate surface area is 190 Å². The molecule has 0 bridgehead atoms. The van der Waals surface area contributed by atoms with Crippen LogP contribution >= 0.6 is 0 Å². The van der Waals surface area contributed by atoms with Crippen molar-refractivity contribution in [2.75, 3.05) is 33.9 Å². The van der Waals surface area contributed by atoms with Crippen LogP contribution < -0.4 is 9.47 Å². The van der Waals surface area contributed by atoms with Crippen LogP contribution in [0.2, 0.25) is 0 Å². The van der Waals surface area contributed by atoms with Crippen molar-refractivity contribution < 1.29 is 31.8 Å². The molecule has 1 heterocycles. The Hall–Kier alpha value is -2.07. The van der Waals surface area contributed by atoms with Gasteiger partial charge in [-0.2, -0.15) is 4.31 Å². The van der Waals surface area contributed by atoms with Crippen molar-refractivity contribution in [2.24, 2.45) is 5.92 Å². The van der Waals surface area contributed by atoms with E-state index in [9.17, 15) is 17.6 Å². The Morgan fingerprint density at radius 2 is 1.81 bits per heavy atom. The zero-order chi connectivity index (χ0) is 24.3. The lowest BCUT2D eigenvalue weighted by atomic mass is 9.98. The molecule has 8 nitrogen and oxygen atoms in total. The molecule has 2 rings (SSSR count). The van der Waals surface area contributed by atoms with Gasteiger partial charge in [0.1, 0.15) is 16.3 Å². The number of ether oxygens (including phenoxy) is 3. The Morgan fingerprint density at radius 1 is 1.22 bits per heavy atom. The minimum atomic E-state index is -4.10. The standard InChI is InChI=1S/C22H35FN2O6S/c1-15(2)25(21(26)31-22(3,4)5)14-16-9-8-10-24(13-16)32(27,28)20-12-19(30-7)18(29-6)11-17(20)23/h11-12,15-16H,8-10,13-14H2,1-7H3. The lowest BCUT2D eigenvalue weighted by Gasteiger charge is -2.37. The van der Waals surface area contributed by atoms with Crippen molar-refractivity contribution in [1.82, 2.24) is 9.21 Å². The van der Waals surface area contributed by atoms with E-state index in [0.717, 1.165) is 18.6 Å². The zero-order valence-corrected chi connectivity index (χ0v) is 20.8. The first kappa shape index (κ1) is 26.2. The molecule has 1 aromatic carbocycles. The monoisotopic (exact) mass is 474 g/mol. The van der Waals surface area contributed by atoms with Crippen LogP contribution in [0.1, 0.15) is 47.5 Å². The maximum Gasteiger partial charge on any atom is 0.410 e. The molecule has 32 heavy (non-hydrogen) atoms. The van der Waals surface area contributed by atoms with Crippen LogP contribution in [0.25, 0.3) is 0 Å². The first-order chi connectivity index (χ1) is 14.8. The fraction of sp³-hybridized carbons (Fsp3) is 0.682. The summed E-state index contributed by atoms with van der Waals surface area (Å²) in [4.78, 5) is 13.8. The van der Waals surface area contributed by atoms with Crippen LogP contribution in [0.15, 0.2) is 17.0 Å². The van der Waals surface area contributed by atoms with Gasteiger partial charge in [-0.3, -0.25) is 0 Å². The second-order valence-corrected chi connectivity index (χ2v) is 11.1. The largest absolute Gasteiger partial charge is 0.493 e. The van der Waals surface area contributed by atoms with E-state index >= 15 is 0 Å². The van der Waals surface area contributed by atoms with Crippen molar-refractivity contribution in [1.29, 1.82) is 0 Å². The predicted molar refractivity (Wildman–Crippen MR) is 119 cm³/mol. The summed E-state index contributed by atoms with van der Waals surface area (Å²) < 4.78 is 58.1. The molecule has 0 saturated carbocycles. The summed E-state index contributed by atoms with van der Waals surface area (Å²) in [6.07, 6.45) is 0.935. The number of nitrogens with zero attached hydrogens (tertiary/aromatic N) is 2. The number of methoxy groups -OCH3 is 2. The normalized spacial score (nSPS) is 17.8. The molecule has 1 unspecified atom stereocenters. The van der Waals surface area contributed by atoms with Gasteiger partial charge in [0, 0.05) is 37.8 Å². The smallest absolute Gasteiger partial charge is 0.410 e. The molecule has 182 valence electrons. The third kappa shape index (κ3) is 6.25. The minimum Gasteiger partial charge on any atom is -0.493 e. The van der Waals surface area contributed by atoms with Crippen molar-refractivity contribution >= 4 is 16.1 Å².